The van der Waals surface area contributed by atoms with Crippen molar-refractivity contribution in [3.8, 4) is 11.8 Å². The van der Waals surface area contributed by atoms with Crippen molar-refractivity contribution in [1.82, 2.24) is 10.0 Å². The van der Waals surface area contributed by atoms with E-state index in [9.17, 15) is 13.2 Å². The molecule has 0 atom stereocenters. The Kier molecular flexibility index (Phi) is 6.67. The standard InChI is InChI=1S/C12H16N2O4S2/c1-20(17,18)14-7-6-13-12(16)11-10(5-9-19-11)4-2-3-8-15/h5,9,14-15H,3,6-8H2,1H3,(H,13,16). The number of hydrogen-bond acceptors (Lipinski definition) is 5. The molecule has 110 valence electrons. The zero-order valence-electron chi connectivity index (χ0n) is 11.0. The molecule has 0 aromatic carbocycles. The molecule has 0 saturated heterocycles. The van der Waals surface area contributed by atoms with Crippen LogP contribution in [0.3, 0.4) is 0 Å². The van der Waals surface area contributed by atoms with Crippen LogP contribution in [0.1, 0.15) is 21.7 Å². The number of carbonyl (C=O) groups is 1. The zero-order valence-corrected chi connectivity index (χ0v) is 12.6. The number of carbonyl (C=O) groups excluding carboxylic acids is 1. The highest BCUT2D eigenvalue weighted by molar-refractivity contribution is 7.88. The lowest BCUT2D eigenvalue weighted by Crippen LogP contribution is -2.34. The average Bonchev–Trinajstić information content (AvgIpc) is 2.82. The molecule has 0 unspecified atom stereocenters. The van der Waals surface area contributed by atoms with E-state index >= 15 is 0 Å². The lowest BCUT2D eigenvalue weighted by molar-refractivity contribution is 0.0958. The largest absolute Gasteiger partial charge is 0.395 e. The summed E-state index contributed by atoms with van der Waals surface area (Å²) in [6.45, 7) is 0.324. The molecular weight excluding hydrogens is 300 g/mol. The topological polar surface area (TPSA) is 95.5 Å². The molecule has 1 rings (SSSR count). The van der Waals surface area contributed by atoms with Gasteiger partial charge in [0.05, 0.1) is 12.9 Å². The fraction of sp³-hybridized carbons (Fsp3) is 0.417. The van der Waals surface area contributed by atoms with E-state index in [1.54, 1.807) is 11.4 Å². The number of hydrogen-bond donors (Lipinski definition) is 3. The van der Waals surface area contributed by atoms with Crippen LogP contribution < -0.4 is 10.0 Å². The number of rotatable bonds is 6. The number of nitrogens with one attached hydrogen (secondary N) is 2. The van der Waals surface area contributed by atoms with Gasteiger partial charge in [0.25, 0.3) is 5.91 Å². The first-order chi connectivity index (χ1) is 9.44. The van der Waals surface area contributed by atoms with Crippen molar-refractivity contribution in [2.75, 3.05) is 26.0 Å². The monoisotopic (exact) mass is 316 g/mol. The third-order valence-electron chi connectivity index (χ3n) is 2.11. The quantitative estimate of drug-likeness (QED) is 0.499. The van der Waals surface area contributed by atoms with Crippen molar-refractivity contribution in [2.24, 2.45) is 0 Å². The highest BCUT2D eigenvalue weighted by atomic mass is 32.2. The fourth-order valence-corrected chi connectivity index (χ4v) is 2.53. The van der Waals surface area contributed by atoms with Crippen molar-refractivity contribution in [2.45, 2.75) is 6.42 Å². The first-order valence-electron chi connectivity index (χ1n) is 5.84. The summed E-state index contributed by atoms with van der Waals surface area (Å²) >= 11 is 1.26. The molecule has 0 saturated carbocycles. The average molecular weight is 316 g/mol. The Morgan fingerprint density at radius 1 is 1.45 bits per heavy atom. The van der Waals surface area contributed by atoms with Crippen molar-refractivity contribution >= 4 is 27.3 Å². The Balaban J connectivity index is 2.52. The van der Waals surface area contributed by atoms with Crippen molar-refractivity contribution in [3.05, 3.63) is 21.9 Å². The van der Waals surface area contributed by atoms with Gasteiger partial charge in [0.2, 0.25) is 10.0 Å². The highest BCUT2D eigenvalue weighted by Gasteiger charge is 2.11. The summed E-state index contributed by atoms with van der Waals surface area (Å²) in [5, 5.41) is 13.0. The van der Waals surface area contributed by atoms with Crippen LogP contribution in [-0.4, -0.2) is 45.4 Å². The van der Waals surface area contributed by atoms with Gasteiger partial charge in [0.1, 0.15) is 4.88 Å². The Morgan fingerprint density at radius 3 is 2.85 bits per heavy atom. The molecule has 0 aliphatic carbocycles. The molecule has 1 aromatic heterocycles. The van der Waals surface area contributed by atoms with E-state index in [2.05, 4.69) is 21.9 Å². The van der Waals surface area contributed by atoms with Crippen molar-refractivity contribution < 1.29 is 18.3 Å². The maximum atomic E-state index is 11.9. The maximum Gasteiger partial charge on any atom is 0.262 e. The summed E-state index contributed by atoms with van der Waals surface area (Å²) in [7, 11) is -3.24. The molecule has 3 N–H and O–H groups in total. The van der Waals surface area contributed by atoms with E-state index in [1.165, 1.54) is 11.3 Å². The third kappa shape index (κ3) is 6.16. The summed E-state index contributed by atoms with van der Waals surface area (Å²) in [4.78, 5) is 12.4. The second-order valence-corrected chi connectivity index (χ2v) is 6.61. The molecule has 20 heavy (non-hydrogen) atoms. The molecule has 1 heterocycles. The van der Waals surface area contributed by atoms with Crippen LogP contribution in [0.25, 0.3) is 0 Å². The summed E-state index contributed by atoms with van der Waals surface area (Å²) < 4.78 is 24.0. The number of sulfonamides is 1. The number of aliphatic hydroxyl groups excluding tert-OH is 1. The number of thiophene rings is 1. The fourth-order valence-electron chi connectivity index (χ4n) is 1.29. The van der Waals surface area contributed by atoms with E-state index < -0.39 is 10.0 Å². The van der Waals surface area contributed by atoms with Gasteiger partial charge in [-0.1, -0.05) is 11.8 Å². The van der Waals surface area contributed by atoms with Crippen LogP contribution in [0.15, 0.2) is 11.4 Å². The zero-order chi connectivity index (χ0) is 15.0. The van der Waals surface area contributed by atoms with Gasteiger partial charge in [-0.3, -0.25) is 4.79 Å². The summed E-state index contributed by atoms with van der Waals surface area (Å²) in [5.41, 5.74) is 0.608. The van der Waals surface area contributed by atoms with E-state index in [4.69, 9.17) is 5.11 Å². The molecule has 8 heteroatoms. The Labute approximate surface area is 122 Å². The third-order valence-corrected chi connectivity index (χ3v) is 3.75. The minimum absolute atomic E-state index is 0.0180. The van der Waals surface area contributed by atoms with Crippen LogP contribution in [0.5, 0.6) is 0 Å². The van der Waals surface area contributed by atoms with E-state index in [-0.39, 0.29) is 25.6 Å². The summed E-state index contributed by atoms with van der Waals surface area (Å²) in [6.07, 6.45) is 1.41. The van der Waals surface area contributed by atoms with E-state index in [0.29, 0.717) is 16.9 Å². The van der Waals surface area contributed by atoms with E-state index in [0.717, 1.165) is 6.26 Å². The molecule has 0 spiro atoms. The predicted molar refractivity (Wildman–Crippen MR) is 78.1 cm³/mol. The van der Waals surface area contributed by atoms with Crippen molar-refractivity contribution in [3.63, 3.8) is 0 Å². The smallest absolute Gasteiger partial charge is 0.262 e. The minimum Gasteiger partial charge on any atom is -0.395 e. The normalized spacial score (nSPS) is 10.7. The lowest BCUT2D eigenvalue weighted by atomic mass is 10.2. The van der Waals surface area contributed by atoms with Gasteiger partial charge in [-0.15, -0.1) is 11.3 Å². The van der Waals surface area contributed by atoms with Crippen LogP contribution in [0.2, 0.25) is 0 Å². The SMILES string of the molecule is CS(=O)(=O)NCCNC(=O)c1sccc1C#CCCO. The van der Waals surface area contributed by atoms with Gasteiger partial charge in [0, 0.05) is 25.1 Å². The first-order valence-corrected chi connectivity index (χ1v) is 8.61. The van der Waals surface area contributed by atoms with E-state index in [1.807, 2.05) is 0 Å². The summed E-state index contributed by atoms with van der Waals surface area (Å²) in [6, 6.07) is 1.73. The lowest BCUT2D eigenvalue weighted by Gasteiger charge is -2.04. The molecule has 0 radical (unpaired) electrons. The molecule has 6 nitrogen and oxygen atoms in total. The Bertz CT molecular complexity index is 611. The second-order valence-electron chi connectivity index (χ2n) is 3.86. The van der Waals surface area contributed by atoms with Gasteiger partial charge in [-0.25, -0.2) is 13.1 Å². The van der Waals surface area contributed by atoms with Crippen LogP contribution >= 0.6 is 11.3 Å². The number of aliphatic hydroxyl groups is 1. The van der Waals surface area contributed by atoms with Crippen LogP contribution in [0.4, 0.5) is 0 Å². The van der Waals surface area contributed by atoms with Crippen LogP contribution in [-0.2, 0) is 10.0 Å². The van der Waals surface area contributed by atoms with Gasteiger partial charge >= 0.3 is 0 Å². The second kappa shape index (κ2) is 8.01. The molecule has 0 fully saturated rings. The molecule has 1 aromatic rings. The molecule has 0 bridgehead atoms. The molecule has 1 amide bonds. The molecule has 0 aliphatic rings. The summed E-state index contributed by atoms with van der Waals surface area (Å²) in [5.74, 6) is 5.28. The number of amides is 1. The van der Waals surface area contributed by atoms with Gasteiger partial charge in [-0.05, 0) is 11.4 Å². The van der Waals surface area contributed by atoms with Gasteiger partial charge < -0.3 is 10.4 Å². The molecule has 0 aliphatic heterocycles. The minimum atomic E-state index is -3.24. The van der Waals surface area contributed by atoms with Crippen molar-refractivity contribution in [1.29, 1.82) is 0 Å². The predicted octanol–water partition coefficient (Wildman–Crippen LogP) is -0.239. The Hall–Kier alpha value is -1.40. The Morgan fingerprint density at radius 2 is 2.20 bits per heavy atom. The molecular formula is C12H16N2O4S2. The van der Waals surface area contributed by atoms with Gasteiger partial charge in [0.15, 0.2) is 0 Å². The van der Waals surface area contributed by atoms with Crippen LogP contribution in [0, 0.1) is 11.8 Å². The maximum absolute atomic E-state index is 11.9. The highest BCUT2D eigenvalue weighted by Crippen LogP contribution is 2.15. The first kappa shape index (κ1) is 16.7. The van der Waals surface area contributed by atoms with Gasteiger partial charge in [-0.2, -0.15) is 0 Å².